The number of carboxylic acid groups (broad SMARTS) is 1. The van der Waals surface area contributed by atoms with Crippen molar-refractivity contribution in [1.82, 2.24) is 4.98 Å². The van der Waals surface area contributed by atoms with Crippen LogP contribution in [0, 0.1) is 0 Å². The lowest BCUT2D eigenvalue weighted by Crippen LogP contribution is -2.06. The van der Waals surface area contributed by atoms with Crippen molar-refractivity contribution in [2.45, 2.75) is 0 Å². The van der Waals surface area contributed by atoms with E-state index in [1.54, 1.807) is 7.05 Å². The fraction of sp³-hybridized carbons (Fsp3) is 0.143. The number of nitrogen functional groups attached to an aromatic ring is 1. The molecule has 0 saturated heterocycles. The minimum Gasteiger partial charge on any atom is -0.478 e. The smallest absolute Gasteiger partial charge is 0.337 e. The highest BCUT2D eigenvalue weighted by Crippen LogP contribution is 2.18. The number of nitrogens with one attached hydrogen (secondary N) is 1. The largest absolute Gasteiger partial charge is 0.478 e. The Labute approximate surface area is 69.2 Å². The molecule has 1 aromatic heterocycles. The maximum Gasteiger partial charge on any atom is 0.337 e. The van der Waals surface area contributed by atoms with Gasteiger partial charge in [0.05, 0.1) is 11.3 Å². The van der Waals surface area contributed by atoms with Crippen molar-refractivity contribution in [3.05, 3.63) is 17.8 Å². The SMILES string of the molecule is CNc1nccc(C(=O)O)c1N. The average molecular weight is 167 g/mol. The highest BCUT2D eigenvalue weighted by atomic mass is 16.4. The number of carboxylic acids is 1. The summed E-state index contributed by atoms with van der Waals surface area (Å²) in [6.45, 7) is 0. The Kier molecular flexibility index (Phi) is 2.14. The van der Waals surface area contributed by atoms with Crippen LogP contribution in [0.25, 0.3) is 0 Å². The summed E-state index contributed by atoms with van der Waals surface area (Å²) < 4.78 is 0. The molecule has 1 heterocycles. The molecule has 0 aliphatic carbocycles. The van der Waals surface area contributed by atoms with Gasteiger partial charge in [-0.05, 0) is 6.07 Å². The number of hydrogen-bond donors (Lipinski definition) is 3. The molecular weight excluding hydrogens is 158 g/mol. The number of carbonyl (C=O) groups is 1. The van der Waals surface area contributed by atoms with Crippen LogP contribution in [0.4, 0.5) is 11.5 Å². The lowest BCUT2D eigenvalue weighted by molar-refractivity contribution is 0.0698. The molecule has 0 saturated carbocycles. The number of aromatic nitrogens is 1. The van der Waals surface area contributed by atoms with Gasteiger partial charge in [0.2, 0.25) is 0 Å². The zero-order chi connectivity index (χ0) is 9.14. The van der Waals surface area contributed by atoms with Gasteiger partial charge in [-0.2, -0.15) is 0 Å². The van der Waals surface area contributed by atoms with Crippen molar-refractivity contribution >= 4 is 17.5 Å². The number of hydrogen-bond acceptors (Lipinski definition) is 4. The van der Waals surface area contributed by atoms with Crippen LogP contribution in [-0.4, -0.2) is 23.1 Å². The van der Waals surface area contributed by atoms with Crippen LogP contribution < -0.4 is 11.1 Å². The van der Waals surface area contributed by atoms with Crippen molar-refractivity contribution in [2.75, 3.05) is 18.1 Å². The van der Waals surface area contributed by atoms with Crippen molar-refractivity contribution < 1.29 is 9.90 Å². The minimum atomic E-state index is -1.05. The quantitative estimate of drug-likeness (QED) is 0.593. The molecule has 0 aromatic carbocycles. The van der Waals surface area contributed by atoms with Crippen LogP contribution in [0.1, 0.15) is 10.4 Å². The Morgan fingerprint density at radius 2 is 2.42 bits per heavy atom. The molecule has 0 radical (unpaired) electrons. The predicted octanol–water partition coefficient (Wildman–Crippen LogP) is 0.404. The van der Waals surface area contributed by atoms with Crippen LogP contribution in [0.15, 0.2) is 12.3 Å². The van der Waals surface area contributed by atoms with E-state index in [2.05, 4.69) is 10.3 Å². The third kappa shape index (κ3) is 1.29. The van der Waals surface area contributed by atoms with Gasteiger partial charge in [-0.3, -0.25) is 0 Å². The van der Waals surface area contributed by atoms with Crippen LogP contribution >= 0.6 is 0 Å². The molecule has 4 N–H and O–H groups in total. The molecule has 1 aromatic rings. The normalized spacial score (nSPS) is 9.42. The van der Waals surface area contributed by atoms with E-state index >= 15 is 0 Å². The molecule has 0 fully saturated rings. The van der Waals surface area contributed by atoms with E-state index in [1.807, 2.05) is 0 Å². The fourth-order valence-corrected chi connectivity index (χ4v) is 0.859. The summed E-state index contributed by atoms with van der Waals surface area (Å²) in [4.78, 5) is 14.4. The monoisotopic (exact) mass is 167 g/mol. The summed E-state index contributed by atoms with van der Waals surface area (Å²) in [7, 11) is 1.63. The van der Waals surface area contributed by atoms with Gasteiger partial charge in [0.15, 0.2) is 0 Å². The zero-order valence-corrected chi connectivity index (χ0v) is 6.53. The number of nitrogens with zero attached hydrogens (tertiary/aromatic N) is 1. The highest BCUT2D eigenvalue weighted by Gasteiger charge is 2.10. The van der Waals surface area contributed by atoms with Gasteiger partial charge in [-0.25, -0.2) is 9.78 Å². The average Bonchev–Trinajstić information content (AvgIpc) is 2.04. The Morgan fingerprint density at radius 1 is 1.75 bits per heavy atom. The van der Waals surface area contributed by atoms with Crippen LogP contribution in [0.3, 0.4) is 0 Å². The molecule has 0 amide bonds. The summed E-state index contributed by atoms with van der Waals surface area (Å²) in [5.74, 6) is -0.665. The second-order valence-electron chi connectivity index (χ2n) is 2.18. The van der Waals surface area contributed by atoms with Gasteiger partial charge >= 0.3 is 5.97 Å². The fourth-order valence-electron chi connectivity index (χ4n) is 0.859. The first kappa shape index (κ1) is 8.32. The van der Waals surface area contributed by atoms with Gasteiger partial charge in [0.1, 0.15) is 5.82 Å². The Morgan fingerprint density at radius 3 is 2.92 bits per heavy atom. The standard InChI is InChI=1S/C7H9N3O2/c1-9-6-5(8)4(7(11)12)2-3-10-6/h2-3H,8H2,1H3,(H,9,10)(H,11,12). The van der Waals surface area contributed by atoms with Gasteiger partial charge in [0, 0.05) is 13.2 Å². The van der Waals surface area contributed by atoms with Gasteiger partial charge in [0.25, 0.3) is 0 Å². The molecule has 5 nitrogen and oxygen atoms in total. The summed E-state index contributed by atoms with van der Waals surface area (Å²) in [6.07, 6.45) is 1.39. The Hall–Kier alpha value is -1.78. The van der Waals surface area contributed by atoms with Gasteiger partial charge < -0.3 is 16.2 Å². The highest BCUT2D eigenvalue weighted by molar-refractivity contribution is 5.96. The molecule has 64 valence electrons. The number of aromatic carboxylic acids is 1. The van der Waals surface area contributed by atoms with Crippen molar-refractivity contribution in [3.8, 4) is 0 Å². The Balaban J connectivity index is 3.23. The zero-order valence-electron chi connectivity index (χ0n) is 6.53. The Bertz CT molecular complexity index is 312. The second kappa shape index (κ2) is 3.08. The molecule has 0 atom stereocenters. The number of anilines is 2. The molecule has 0 unspecified atom stereocenters. The first-order chi connectivity index (χ1) is 5.66. The first-order valence-electron chi connectivity index (χ1n) is 3.32. The third-order valence-electron chi connectivity index (χ3n) is 1.46. The molecule has 0 aliphatic rings. The molecule has 1 rings (SSSR count). The molecule has 12 heavy (non-hydrogen) atoms. The van der Waals surface area contributed by atoms with E-state index < -0.39 is 5.97 Å². The molecule has 5 heteroatoms. The van der Waals surface area contributed by atoms with E-state index in [9.17, 15) is 4.79 Å². The minimum absolute atomic E-state index is 0.0642. The topological polar surface area (TPSA) is 88.2 Å². The van der Waals surface area contributed by atoms with Crippen LogP contribution in [0.5, 0.6) is 0 Å². The number of nitrogens with two attached hydrogens (primary N) is 1. The molecule has 0 bridgehead atoms. The maximum atomic E-state index is 10.6. The van der Waals surface area contributed by atoms with E-state index in [0.29, 0.717) is 5.82 Å². The number of rotatable bonds is 2. The van der Waals surface area contributed by atoms with E-state index in [1.165, 1.54) is 12.3 Å². The van der Waals surface area contributed by atoms with Gasteiger partial charge in [-0.1, -0.05) is 0 Å². The van der Waals surface area contributed by atoms with Crippen molar-refractivity contribution in [2.24, 2.45) is 0 Å². The van der Waals surface area contributed by atoms with Crippen molar-refractivity contribution in [1.29, 1.82) is 0 Å². The first-order valence-corrected chi connectivity index (χ1v) is 3.32. The lowest BCUT2D eigenvalue weighted by atomic mass is 10.2. The lowest BCUT2D eigenvalue weighted by Gasteiger charge is -2.05. The summed E-state index contributed by atoms with van der Waals surface area (Å²) in [5.41, 5.74) is 5.71. The second-order valence-corrected chi connectivity index (χ2v) is 2.18. The van der Waals surface area contributed by atoms with Crippen molar-refractivity contribution in [3.63, 3.8) is 0 Å². The summed E-state index contributed by atoms with van der Waals surface area (Å²) in [6, 6.07) is 1.36. The van der Waals surface area contributed by atoms with E-state index in [-0.39, 0.29) is 11.3 Å². The van der Waals surface area contributed by atoms with E-state index in [4.69, 9.17) is 10.8 Å². The van der Waals surface area contributed by atoms with Crippen LogP contribution in [-0.2, 0) is 0 Å². The predicted molar refractivity (Wildman–Crippen MR) is 45.2 cm³/mol. The van der Waals surface area contributed by atoms with Crippen LogP contribution in [0.2, 0.25) is 0 Å². The summed E-state index contributed by atoms with van der Waals surface area (Å²) >= 11 is 0. The molecule has 0 aliphatic heterocycles. The molecule has 0 spiro atoms. The number of pyridine rings is 1. The maximum absolute atomic E-state index is 10.6. The summed E-state index contributed by atoms with van der Waals surface area (Å²) in [5, 5.41) is 11.3. The van der Waals surface area contributed by atoms with E-state index in [0.717, 1.165) is 0 Å². The van der Waals surface area contributed by atoms with Gasteiger partial charge in [-0.15, -0.1) is 0 Å². The molecular formula is C7H9N3O2. The third-order valence-corrected chi connectivity index (χ3v) is 1.46.